The lowest BCUT2D eigenvalue weighted by atomic mass is 10.3. The normalized spacial score (nSPS) is 7.82. The van der Waals surface area contributed by atoms with Crippen molar-refractivity contribution < 1.29 is 14.7 Å². The summed E-state index contributed by atoms with van der Waals surface area (Å²) < 4.78 is 0. The van der Waals surface area contributed by atoms with Crippen LogP contribution < -0.4 is 11.5 Å². The molecule has 5 heteroatoms. The number of nitrogens with two attached hydrogens (primary N) is 2. The van der Waals surface area contributed by atoms with E-state index in [1.807, 2.05) is 0 Å². The Bertz CT molecular complexity index is 121. The number of carbonyl (C=O) groups excluding carboxylic acids is 1. The van der Waals surface area contributed by atoms with E-state index in [2.05, 4.69) is 0 Å². The van der Waals surface area contributed by atoms with Crippen molar-refractivity contribution in [3.05, 3.63) is 0 Å². The van der Waals surface area contributed by atoms with Gasteiger partial charge in [-0.3, -0.25) is 9.59 Å². The van der Waals surface area contributed by atoms with Crippen LogP contribution in [0.25, 0.3) is 0 Å². The first-order valence-electron chi connectivity index (χ1n) is 3.18. The van der Waals surface area contributed by atoms with Gasteiger partial charge in [0.25, 0.3) is 5.97 Å². The van der Waals surface area contributed by atoms with Gasteiger partial charge >= 0.3 is 0 Å². The van der Waals surface area contributed by atoms with Crippen LogP contribution >= 0.6 is 0 Å². The minimum Gasteiger partial charge on any atom is -0.481 e. The summed E-state index contributed by atoms with van der Waals surface area (Å²) >= 11 is 0. The summed E-state index contributed by atoms with van der Waals surface area (Å²) in [6, 6.07) is 0. The first kappa shape index (κ1) is 12.6. The maximum absolute atomic E-state index is 9.92. The van der Waals surface area contributed by atoms with Crippen molar-refractivity contribution in [3.8, 4) is 0 Å². The van der Waals surface area contributed by atoms with E-state index < -0.39 is 5.97 Å². The zero-order valence-corrected chi connectivity index (χ0v) is 6.54. The monoisotopic (exact) mass is 162 g/mol. The van der Waals surface area contributed by atoms with Gasteiger partial charge in [0, 0.05) is 13.3 Å². The molecule has 5 N–H and O–H groups in total. The van der Waals surface area contributed by atoms with Crippen LogP contribution in [0.4, 0.5) is 0 Å². The van der Waals surface area contributed by atoms with E-state index in [1.54, 1.807) is 0 Å². The second kappa shape index (κ2) is 8.90. The van der Waals surface area contributed by atoms with Gasteiger partial charge in [0.2, 0.25) is 5.91 Å². The second-order valence-corrected chi connectivity index (χ2v) is 1.88. The molecule has 0 unspecified atom stereocenters. The molecule has 0 saturated heterocycles. The van der Waals surface area contributed by atoms with Crippen molar-refractivity contribution in [2.75, 3.05) is 6.54 Å². The van der Waals surface area contributed by atoms with Crippen molar-refractivity contribution in [1.82, 2.24) is 0 Å². The van der Waals surface area contributed by atoms with Crippen LogP contribution in [0.3, 0.4) is 0 Å². The molecular formula is C6H14N2O3. The molecule has 1 amide bonds. The lowest BCUT2D eigenvalue weighted by Gasteiger charge is -1.87. The highest BCUT2D eigenvalue weighted by Gasteiger charge is 1.88. The van der Waals surface area contributed by atoms with Crippen molar-refractivity contribution in [3.63, 3.8) is 0 Å². The number of hydrogen-bond donors (Lipinski definition) is 3. The first-order valence-corrected chi connectivity index (χ1v) is 3.18. The van der Waals surface area contributed by atoms with Gasteiger partial charge in [-0.05, 0) is 13.0 Å². The zero-order chi connectivity index (χ0) is 9.28. The topological polar surface area (TPSA) is 106 Å². The molecule has 66 valence electrons. The Morgan fingerprint density at radius 3 is 1.91 bits per heavy atom. The summed E-state index contributed by atoms with van der Waals surface area (Å²) in [7, 11) is 0. The number of carbonyl (C=O) groups is 2. The molecular weight excluding hydrogens is 148 g/mol. The second-order valence-electron chi connectivity index (χ2n) is 1.88. The number of carboxylic acids is 1. The molecule has 0 aliphatic rings. The largest absolute Gasteiger partial charge is 0.481 e. The van der Waals surface area contributed by atoms with E-state index in [9.17, 15) is 4.79 Å². The van der Waals surface area contributed by atoms with Gasteiger partial charge in [-0.25, -0.2) is 0 Å². The third-order valence-corrected chi connectivity index (χ3v) is 0.627. The fourth-order valence-corrected chi connectivity index (χ4v) is 0.276. The van der Waals surface area contributed by atoms with E-state index in [0.717, 1.165) is 6.92 Å². The summed E-state index contributed by atoms with van der Waals surface area (Å²) in [5, 5.41) is 7.42. The maximum Gasteiger partial charge on any atom is 0.300 e. The summed E-state index contributed by atoms with van der Waals surface area (Å²) in [6.07, 6.45) is 1.12. The summed E-state index contributed by atoms with van der Waals surface area (Å²) in [4.78, 5) is 18.9. The lowest BCUT2D eigenvalue weighted by Crippen LogP contribution is -2.12. The number of aliphatic carboxylic acids is 1. The average molecular weight is 162 g/mol. The Balaban J connectivity index is 0. The fraction of sp³-hybridized carbons (Fsp3) is 0.667. The van der Waals surface area contributed by atoms with Gasteiger partial charge in [-0.2, -0.15) is 0 Å². The molecule has 0 saturated carbocycles. The predicted octanol–water partition coefficient (Wildman–Crippen LogP) is -0.698. The quantitative estimate of drug-likeness (QED) is 0.510. The minimum absolute atomic E-state index is 0.273. The molecule has 0 fully saturated rings. The molecule has 11 heavy (non-hydrogen) atoms. The molecule has 0 aliphatic heterocycles. The summed E-state index contributed by atoms with van der Waals surface area (Å²) in [5.41, 5.74) is 9.85. The molecule has 5 nitrogen and oxygen atoms in total. The third kappa shape index (κ3) is 50.4. The van der Waals surface area contributed by atoms with E-state index in [1.165, 1.54) is 0 Å². The number of carboxylic acid groups (broad SMARTS) is 1. The highest BCUT2D eigenvalue weighted by atomic mass is 16.4. The highest BCUT2D eigenvalue weighted by Crippen LogP contribution is 1.80. The van der Waals surface area contributed by atoms with Crippen LogP contribution in [0.5, 0.6) is 0 Å². The van der Waals surface area contributed by atoms with Crippen LogP contribution in [-0.2, 0) is 9.59 Å². The average Bonchev–Trinajstić information content (AvgIpc) is 1.82. The van der Waals surface area contributed by atoms with Crippen LogP contribution in [0, 0.1) is 0 Å². The van der Waals surface area contributed by atoms with Crippen molar-refractivity contribution in [1.29, 1.82) is 0 Å². The number of rotatable bonds is 3. The smallest absolute Gasteiger partial charge is 0.300 e. The Morgan fingerprint density at radius 2 is 1.82 bits per heavy atom. The van der Waals surface area contributed by atoms with E-state index >= 15 is 0 Å². The summed E-state index contributed by atoms with van der Waals surface area (Å²) in [6.45, 7) is 1.63. The lowest BCUT2D eigenvalue weighted by molar-refractivity contribution is -0.134. The Labute approximate surface area is 65.4 Å². The fourth-order valence-electron chi connectivity index (χ4n) is 0.276. The molecule has 0 rings (SSSR count). The van der Waals surface area contributed by atoms with E-state index in [4.69, 9.17) is 21.4 Å². The minimum atomic E-state index is -0.833. The molecule has 0 aromatic heterocycles. The molecule has 0 aliphatic carbocycles. The van der Waals surface area contributed by atoms with Crippen LogP contribution in [0.1, 0.15) is 19.8 Å². The SMILES string of the molecule is CC(=O)O.NCCCC(N)=O. The highest BCUT2D eigenvalue weighted by molar-refractivity contribution is 5.73. The molecule has 0 atom stereocenters. The van der Waals surface area contributed by atoms with Crippen LogP contribution in [0.15, 0.2) is 0 Å². The van der Waals surface area contributed by atoms with E-state index in [0.29, 0.717) is 19.4 Å². The summed E-state index contributed by atoms with van der Waals surface area (Å²) in [5.74, 6) is -1.11. The van der Waals surface area contributed by atoms with Crippen LogP contribution in [0.2, 0.25) is 0 Å². The molecule has 0 bridgehead atoms. The van der Waals surface area contributed by atoms with Gasteiger partial charge < -0.3 is 16.6 Å². The van der Waals surface area contributed by atoms with E-state index in [-0.39, 0.29) is 5.91 Å². The number of primary amides is 1. The van der Waals surface area contributed by atoms with Crippen molar-refractivity contribution in [2.24, 2.45) is 11.5 Å². The maximum atomic E-state index is 9.92. The predicted molar refractivity (Wildman–Crippen MR) is 40.8 cm³/mol. The number of amides is 1. The molecule has 0 radical (unpaired) electrons. The van der Waals surface area contributed by atoms with Crippen molar-refractivity contribution in [2.45, 2.75) is 19.8 Å². The zero-order valence-electron chi connectivity index (χ0n) is 6.54. The van der Waals surface area contributed by atoms with Gasteiger partial charge in [-0.1, -0.05) is 0 Å². The van der Waals surface area contributed by atoms with Crippen molar-refractivity contribution >= 4 is 11.9 Å². The Morgan fingerprint density at radius 1 is 1.45 bits per heavy atom. The van der Waals surface area contributed by atoms with Gasteiger partial charge in [0.15, 0.2) is 0 Å². The number of hydrogen-bond acceptors (Lipinski definition) is 3. The molecule has 0 aromatic rings. The molecule has 0 heterocycles. The third-order valence-electron chi connectivity index (χ3n) is 0.627. The van der Waals surface area contributed by atoms with Gasteiger partial charge in [0.05, 0.1) is 0 Å². The first-order chi connectivity index (χ1) is 5.00. The Kier molecular flexibility index (Phi) is 10.2. The van der Waals surface area contributed by atoms with Crippen LogP contribution in [-0.4, -0.2) is 23.5 Å². The van der Waals surface area contributed by atoms with Gasteiger partial charge in [-0.15, -0.1) is 0 Å². The molecule has 0 aromatic carbocycles. The van der Waals surface area contributed by atoms with Gasteiger partial charge in [0.1, 0.15) is 0 Å². The molecule has 0 spiro atoms. The Hall–Kier alpha value is -1.10. The standard InChI is InChI=1S/C4H10N2O.C2H4O2/c5-3-1-2-4(6)7;1-2(3)4/h1-3,5H2,(H2,6,7);1H3,(H,3,4).